The van der Waals surface area contributed by atoms with Crippen LogP contribution in [0.5, 0.6) is 11.5 Å². The van der Waals surface area contributed by atoms with Crippen LogP contribution in [0.15, 0.2) is 46.9 Å². The molecule has 23 heavy (non-hydrogen) atoms. The molecule has 0 amide bonds. The minimum atomic E-state index is -1.03. The highest BCUT2D eigenvalue weighted by atomic mass is 79.9. The molecule has 0 aromatic heterocycles. The van der Waals surface area contributed by atoms with Crippen molar-refractivity contribution in [3.8, 4) is 11.5 Å². The molecule has 2 rings (SSSR count). The van der Waals surface area contributed by atoms with Gasteiger partial charge in [-0.1, -0.05) is 39.7 Å². The fraction of sp³-hybridized carbons (Fsp3) is 0.118. The molecule has 0 fully saturated rings. The maximum atomic E-state index is 10.6. The summed E-state index contributed by atoms with van der Waals surface area (Å²) >= 11 is 9.60. The van der Waals surface area contributed by atoms with Gasteiger partial charge in [-0.15, -0.1) is 0 Å². The van der Waals surface area contributed by atoms with Gasteiger partial charge in [0.15, 0.2) is 11.5 Å². The van der Waals surface area contributed by atoms with Gasteiger partial charge in [-0.25, -0.2) is 4.79 Å². The molecule has 0 heterocycles. The molecule has 0 bridgehead atoms. The molecule has 0 saturated carbocycles. The van der Waals surface area contributed by atoms with Crippen molar-refractivity contribution in [3.05, 3.63) is 63.1 Å². The number of carbonyl (C=O) groups is 1. The van der Waals surface area contributed by atoms with Gasteiger partial charge >= 0.3 is 5.97 Å². The summed E-state index contributed by atoms with van der Waals surface area (Å²) in [7, 11) is 1.50. The second-order valence-corrected chi connectivity index (χ2v) is 5.94. The van der Waals surface area contributed by atoms with Crippen molar-refractivity contribution < 1.29 is 19.4 Å². The van der Waals surface area contributed by atoms with E-state index >= 15 is 0 Å². The van der Waals surface area contributed by atoms with Gasteiger partial charge in [-0.3, -0.25) is 0 Å². The highest BCUT2D eigenvalue weighted by Crippen LogP contribution is 2.37. The maximum absolute atomic E-state index is 10.6. The molecule has 120 valence electrons. The number of aliphatic carboxylic acids is 1. The van der Waals surface area contributed by atoms with Gasteiger partial charge in [0.05, 0.1) is 12.1 Å². The second-order valence-electron chi connectivity index (χ2n) is 4.62. The summed E-state index contributed by atoms with van der Waals surface area (Å²) in [5.41, 5.74) is 1.60. The van der Waals surface area contributed by atoms with E-state index in [1.165, 1.54) is 13.2 Å². The Balaban J connectivity index is 2.20. The molecule has 6 heteroatoms. The zero-order chi connectivity index (χ0) is 16.8. The Hall–Kier alpha value is -1.98. The van der Waals surface area contributed by atoms with Gasteiger partial charge in [-0.2, -0.15) is 0 Å². The molecule has 0 atom stereocenters. The van der Waals surface area contributed by atoms with E-state index in [0.717, 1.165) is 16.1 Å². The lowest BCUT2D eigenvalue weighted by Crippen LogP contribution is -1.99. The quantitative estimate of drug-likeness (QED) is 0.712. The van der Waals surface area contributed by atoms with Crippen LogP contribution in [0.4, 0.5) is 0 Å². The highest BCUT2D eigenvalue weighted by molar-refractivity contribution is 9.10. The van der Waals surface area contributed by atoms with E-state index in [4.69, 9.17) is 26.2 Å². The Kier molecular flexibility index (Phi) is 6.07. The summed E-state index contributed by atoms with van der Waals surface area (Å²) in [5.74, 6) is -0.167. The Morgan fingerprint density at radius 1 is 1.30 bits per heavy atom. The number of benzene rings is 2. The predicted octanol–water partition coefficient (Wildman–Crippen LogP) is 4.79. The Bertz CT molecular complexity index is 726. The van der Waals surface area contributed by atoms with E-state index in [1.807, 2.05) is 24.3 Å². The maximum Gasteiger partial charge on any atom is 0.328 e. The topological polar surface area (TPSA) is 55.8 Å². The number of rotatable bonds is 6. The Morgan fingerprint density at radius 2 is 2.00 bits per heavy atom. The fourth-order valence-electron chi connectivity index (χ4n) is 1.88. The summed E-state index contributed by atoms with van der Waals surface area (Å²) in [5, 5.41) is 9.03. The number of ether oxygens (including phenoxy) is 2. The molecule has 0 saturated heterocycles. The number of carboxylic acids is 1. The van der Waals surface area contributed by atoms with Crippen LogP contribution in [0.25, 0.3) is 6.08 Å². The van der Waals surface area contributed by atoms with Crippen LogP contribution >= 0.6 is 27.5 Å². The lowest BCUT2D eigenvalue weighted by Gasteiger charge is -2.13. The summed E-state index contributed by atoms with van der Waals surface area (Å²) in [6.07, 6.45) is 2.47. The molecule has 0 unspecified atom stereocenters. The third-order valence-corrected chi connectivity index (χ3v) is 3.78. The van der Waals surface area contributed by atoms with Crippen LogP contribution in [-0.2, 0) is 11.4 Å². The van der Waals surface area contributed by atoms with Gasteiger partial charge in [0.1, 0.15) is 6.61 Å². The average molecular weight is 398 g/mol. The van der Waals surface area contributed by atoms with E-state index < -0.39 is 5.97 Å². The molecule has 0 radical (unpaired) electrons. The number of halogens is 2. The molecule has 1 N–H and O–H groups in total. The number of carboxylic acid groups (broad SMARTS) is 1. The van der Waals surface area contributed by atoms with Gasteiger partial charge in [0, 0.05) is 10.5 Å². The van der Waals surface area contributed by atoms with Gasteiger partial charge < -0.3 is 14.6 Å². The summed E-state index contributed by atoms with van der Waals surface area (Å²) in [4.78, 5) is 10.6. The van der Waals surface area contributed by atoms with E-state index in [9.17, 15) is 4.79 Å². The monoisotopic (exact) mass is 396 g/mol. The van der Waals surface area contributed by atoms with Crippen molar-refractivity contribution in [3.63, 3.8) is 0 Å². The molecule has 0 aliphatic rings. The van der Waals surface area contributed by atoms with Gasteiger partial charge in [-0.05, 0) is 41.5 Å². The highest BCUT2D eigenvalue weighted by Gasteiger charge is 2.11. The standard InChI is InChI=1S/C17H14BrClO4/c1-22-15-9-12(4-7-16(20)21)8-14(19)17(15)23-10-11-2-5-13(18)6-3-11/h2-9H,10H2,1H3,(H,20,21)/b7-4+. The first-order valence-corrected chi connectivity index (χ1v) is 7.82. The fourth-order valence-corrected chi connectivity index (χ4v) is 2.42. The summed E-state index contributed by atoms with van der Waals surface area (Å²) in [6.45, 7) is 0.341. The minimum absolute atomic E-state index is 0.341. The SMILES string of the molecule is COc1cc(/C=C/C(=O)O)cc(Cl)c1OCc1ccc(Br)cc1. The van der Waals surface area contributed by atoms with E-state index in [-0.39, 0.29) is 0 Å². The van der Waals surface area contributed by atoms with Crippen LogP contribution in [0.3, 0.4) is 0 Å². The third kappa shape index (κ3) is 5.01. The Morgan fingerprint density at radius 3 is 2.61 bits per heavy atom. The van der Waals surface area contributed by atoms with Crippen molar-refractivity contribution >= 4 is 39.6 Å². The summed E-state index contributed by atoms with van der Waals surface area (Å²) < 4.78 is 12.0. The van der Waals surface area contributed by atoms with Gasteiger partial charge in [0.25, 0.3) is 0 Å². The molecule has 2 aromatic carbocycles. The molecular formula is C17H14BrClO4. The van der Waals surface area contributed by atoms with E-state index in [0.29, 0.717) is 28.7 Å². The molecular weight excluding hydrogens is 384 g/mol. The molecule has 0 aliphatic heterocycles. The lowest BCUT2D eigenvalue weighted by atomic mass is 10.2. The van der Waals surface area contributed by atoms with Gasteiger partial charge in [0.2, 0.25) is 0 Å². The van der Waals surface area contributed by atoms with Crippen molar-refractivity contribution in [1.82, 2.24) is 0 Å². The second kappa shape index (κ2) is 8.04. The van der Waals surface area contributed by atoms with Crippen molar-refractivity contribution in [2.24, 2.45) is 0 Å². The van der Waals surface area contributed by atoms with Crippen molar-refractivity contribution in [2.45, 2.75) is 6.61 Å². The number of hydrogen-bond acceptors (Lipinski definition) is 3. The van der Waals surface area contributed by atoms with E-state index in [2.05, 4.69) is 15.9 Å². The zero-order valence-corrected chi connectivity index (χ0v) is 14.6. The smallest absolute Gasteiger partial charge is 0.328 e. The third-order valence-electron chi connectivity index (χ3n) is 2.97. The number of hydrogen-bond donors (Lipinski definition) is 1. The van der Waals surface area contributed by atoms with Crippen LogP contribution in [-0.4, -0.2) is 18.2 Å². The van der Waals surface area contributed by atoms with Crippen molar-refractivity contribution in [2.75, 3.05) is 7.11 Å². The summed E-state index contributed by atoms with van der Waals surface area (Å²) in [6, 6.07) is 11.0. The number of methoxy groups -OCH3 is 1. The van der Waals surface area contributed by atoms with Crippen LogP contribution in [0.1, 0.15) is 11.1 Å². The van der Waals surface area contributed by atoms with Crippen LogP contribution in [0.2, 0.25) is 5.02 Å². The predicted molar refractivity (Wildman–Crippen MR) is 93.1 cm³/mol. The molecule has 0 spiro atoms. The zero-order valence-electron chi connectivity index (χ0n) is 12.3. The molecule has 0 aliphatic carbocycles. The minimum Gasteiger partial charge on any atom is -0.493 e. The van der Waals surface area contributed by atoms with Crippen LogP contribution < -0.4 is 9.47 Å². The largest absolute Gasteiger partial charge is 0.493 e. The Labute approximate surface area is 147 Å². The first-order valence-electron chi connectivity index (χ1n) is 6.65. The van der Waals surface area contributed by atoms with E-state index in [1.54, 1.807) is 12.1 Å². The first kappa shape index (κ1) is 17.4. The van der Waals surface area contributed by atoms with Crippen LogP contribution in [0, 0.1) is 0 Å². The molecule has 4 nitrogen and oxygen atoms in total. The molecule has 2 aromatic rings. The first-order chi connectivity index (χ1) is 11.0. The normalized spacial score (nSPS) is 10.7. The van der Waals surface area contributed by atoms with Crippen molar-refractivity contribution in [1.29, 1.82) is 0 Å². The lowest BCUT2D eigenvalue weighted by molar-refractivity contribution is -0.131. The average Bonchev–Trinajstić information content (AvgIpc) is 2.53.